The molecule has 0 aliphatic carbocycles. The molecule has 1 spiro atoms. The topological polar surface area (TPSA) is 58.2 Å². The van der Waals surface area contributed by atoms with Crippen molar-refractivity contribution >= 4 is 52.3 Å². The minimum absolute atomic E-state index is 0.143. The van der Waals surface area contributed by atoms with Crippen LogP contribution in [0.2, 0.25) is 15.1 Å². The van der Waals surface area contributed by atoms with Crippen LogP contribution in [0, 0.1) is 0 Å². The van der Waals surface area contributed by atoms with Gasteiger partial charge < -0.3 is 10.6 Å². The predicted octanol–water partition coefficient (Wildman–Crippen LogP) is 5.88. The van der Waals surface area contributed by atoms with Crippen molar-refractivity contribution in [1.29, 1.82) is 0 Å². The molecule has 0 saturated carbocycles. The summed E-state index contributed by atoms with van der Waals surface area (Å²) in [6, 6.07) is 19.3. The summed E-state index contributed by atoms with van der Waals surface area (Å²) < 4.78 is 0. The number of rotatable bonds is 2. The van der Waals surface area contributed by atoms with Gasteiger partial charge in [0.1, 0.15) is 5.41 Å². The highest BCUT2D eigenvalue weighted by molar-refractivity contribution is 6.31. The molecule has 3 aromatic carbocycles. The SMILES string of the molecule is O=C1C[C@@H](c2cccc(Cl)c2)C2(C(=O)Nc3cc(Cl)ccc32)C(c2cccc(Cl)c2)N1. The highest BCUT2D eigenvalue weighted by atomic mass is 35.5. The smallest absolute Gasteiger partial charge is 0.238 e. The van der Waals surface area contributed by atoms with Crippen molar-refractivity contribution < 1.29 is 9.59 Å². The van der Waals surface area contributed by atoms with E-state index in [0.717, 1.165) is 16.7 Å². The normalized spacial score (nSPS) is 24.6. The van der Waals surface area contributed by atoms with Gasteiger partial charge in [0.05, 0.1) is 6.04 Å². The highest BCUT2D eigenvalue weighted by Gasteiger charge is 2.61. The minimum atomic E-state index is -1.09. The zero-order valence-electron chi connectivity index (χ0n) is 16.2. The molecule has 5 rings (SSSR count). The first-order valence-electron chi connectivity index (χ1n) is 9.81. The Hall–Kier alpha value is -2.53. The monoisotopic (exact) mass is 470 g/mol. The zero-order valence-corrected chi connectivity index (χ0v) is 18.4. The first kappa shape index (κ1) is 20.4. The molecular weight excluding hydrogens is 455 g/mol. The fourth-order valence-corrected chi connectivity index (χ4v) is 5.55. The number of hydrogen-bond acceptors (Lipinski definition) is 2. The van der Waals surface area contributed by atoms with Crippen LogP contribution in [0.15, 0.2) is 66.7 Å². The molecule has 2 aliphatic rings. The van der Waals surface area contributed by atoms with Gasteiger partial charge in [-0.25, -0.2) is 0 Å². The molecule has 156 valence electrons. The van der Waals surface area contributed by atoms with Crippen LogP contribution in [0.25, 0.3) is 0 Å². The quantitative estimate of drug-likeness (QED) is 0.490. The van der Waals surface area contributed by atoms with Gasteiger partial charge in [0.15, 0.2) is 0 Å². The molecule has 2 aliphatic heterocycles. The van der Waals surface area contributed by atoms with Crippen molar-refractivity contribution in [2.24, 2.45) is 0 Å². The molecule has 0 radical (unpaired) electrons. The number of piperidine rings is 1. The number of halogens is 3. The minimum Gasteiger partial charge on any atom is -0.348 e. The molecule has 3 atom stereocenters. The third-order valence-corrected chi connectivity index (χ3v) is 6.89. The van der Waals surface area contributed by atoms with Gasteiger partial charge >= 0.3 is 0 Å². The van der Waals surface area contributed by atoms with Crippen LogP contribution in [0.1, 0.15) is 35.1 Å². The molecule has 31 heavy (non-hydrogen) atoms. The van der Waals surface area contributed by atoms with Gasteiger partial charge in [-0.15, -0.1) is 0 Å². The Balaban J connectivity index is 1.81. The number of carbonyl (C=O) groups excluding carboxylic acids is 2. The zero-order chi connectivity index (χ0) is 21.8. The number of carbonyl (C=O) groups is 2. The molecule has 4 nitrogen and oxygen atoms in total. The molecule has 2 amide bonds. The molecule has 7 heteroatoms. The maximum Gasteiger partial charge on any atom is 0.238 e. The number of anilines is 1. The van der Waals surface area contributed by atoms with Crippen molar-refractivity contribution in [2.75, 3.05) is 5.32 Å². The molecule has 2 unspecified atom stereocenters. The summed E-state index contributed by atoms with van der Waals surface area (Å²) in [5.41, 5.74) is 1.92. The Morgan fingerprint density at radius 2 is 1.45 bits per heavy atom. The van der Waals surface area contributed by atoms with E-state index in [2.05, 4.69) is 10.6 Å². The molecule has 2 N–H and O–H groups in total. The maximum atomic E-state index is 13.8. The first-order valence-corrected chi connectivity index (χ1v) is 10.9. The first-order chi connectivity index (χ1) is 14.9. The average molecular weight is 472 g/mol. The Bertz CT molecular complexity index is 1170. The third-order valence-electron chi connectivity index (χ3n) is 6.18. The fourth-order valence-electron chi connectivity index (χ4n) is 4.98. The van der Waals surface area contributed by atoms with Crippen molar-refractivity contribution in [2.45, 2.75) is 23.8 Å². The predicted molar refractivity (Wildman–Crippen MR) is 123 cm³/mol. The Morgan fingerprint density at radius 3 is 2.16 bits per heavy atom. The van der Waals surface area contributed by atoms with E-state index in [4.69, 9.17) is 34.8 Å². The lowest BCUT2D eigenvalue weighted by Gasteiger charge is -2.46. The average Bonchev–Trinajstić information content (AvgIpc) is 3.01. The molecule has 1 fully saturated rings. The summed E-state index contributed by atoms with van der Waals surface area (Å²) in [5.74, 6) is -0.776. The summed E-state index contributed by atoms with van der Waals surface area (Å²) in [7, 11) is 0. The van der Waals surface area contributed by atoms with Gasteiger partial charge in [0.25, 0.3) is 0 Å². The van der Waals surface area contributed by atoms with Crippen LogP contribution in [0.4, 0.5) is 5.69 Å². The molecule has 2 heterocycles. The van der Waals surface area contributed by atoms with Crippen LogP contribution in [0.3, 0.4) is 0 Å². The largest absolute Gasteiger partial charge is 0.348 e. The third kappa shape index (κ3) is 3.21. The van der Waals surface area contributed by atoms with Crippen LogP contribution in [0.5, 0.6) is 0 Å². The van der Waals surface area contributed by atoms with E-state index in [1.54, 1.807) is 30.3 Å². The highest BCUT2D eigenvalue weighted by Crippen LogP contribution is 2.57. The van der Waals surface area contributed by atoms with Crippen molar-refractivity contribution in [1.82, 2.24) is 5.32 Å². The summed E-state index contributed by atoms with van der Waals surface area (Å²) in [4.78, 5) is 26.7. The van der Waals surface area contributed by atoms with Crippen molar-refractivity contribution in [3.8, 4) is 0 Å². The standard InChI is InChI=1S/C24H17Cl3N2O2/c25-15-5-1-3-13(9-15)19-12-21(30)29-22(14-4-2-6-16(26)10-14)24(19)18-8-7-17(27)11-20(18)28-23(24)31/h1-11,19,22H,12H2,(H,28,31)(H,29,30)/t19-,22?,24?/m0/s1. The molecule has 3 aromatic rings. The van der Waals surface area contributed by atoms with Crippen LogP contribution in [-0.4, -0.2) is 11.8 Å². The summed E-state index contributed by atoms with van der Waals surface area (Å²) >= 11 is 18.8. The molecule has 0 aromatic heterocycles. The second-order valence-electron chi connectivity index (χ2n) is 7.88. The fraction of sp³-hybridized carbons (Fsp3) is 0.167. The molecular formula is C24H17Cl3N2O2. The van der Waals surface area contributed by atoms with E-state index in [1.807, 2.05) is 36.4 Å². The number of nitrogens with one attached hydrogen (secondary N) is 2. The molecule has 1 saturated heterocycles. The maximum absolute atomic E-state index is 13.8. The van der Waals surface area contributed by atoms with E-state index in [1.165, 1.54) is 0 Å². The van der Waals surface area contributed by atoms with Gasteiger partial charge in [-0.3, -0.25) is 9.59 Å². The second-order valence-corrected chi connectivity index (χ2v) is 9.19. The summed E-state index contributed by atoms with van der Waals surface area (Å²) in [6.45, 7) is 0. The summed E-state index contributed by atoms with van der Waals surface area (Å²) in [5, 5.41) is 7.67. The summed E-state index contributed by atoms with van der Waals surface area (Å²) in [6.07, 6.45) is 0.146. The van der Waals surface area contributed by atoms with Gasteiger partial charge in [-0.05, 0) is 53.1 Å². The number of benzene rings is 3. The second kappa shape index (κ2) is 7.56. The Kier molecular flexibility index (Phi) is 4.97. The van der Waals surface area contributed by atoms with Crippen molar-refractivity contribution in [3.05, 3.63) is 98.5 Å². The van der Waals surface area contributed by atoms with Gasteiger partial charge in [-0.1, -0.05) is 65.1 Å². The Labute approximate surface area is 194 Å². The van der Waals surface area contributed by atoms with Gasteiger partial charge in [0, 0.05) is 33.1 Å². The van der Waals surface area contributed by atoms with Crippen LogP contribution >= 0.6 is 34.8 Å². The number of fused-ring (bicyclic) bond motifs is 2. The van der Waals surface area contributed by atoms with E-state index < -0.39 is 17.4 Å². The lowest BCUT2D eigenvalue weighted by atomic mass is 9.59. The number of hydrogen-bond donors (Lipinski definition) is 2. The van der Waals surface area contributed by atoms with E-state index in [-0.39, 0.29) is 18.2 Å². The molecule has 0 bridgehead atoms. The lowest BCUT2D eigenvalue weighted by molar-refractivity contribution is -0.131. The van der Waals surface area contributed by atoms with Crippen molar-refractivity contribution in [3.63, 3.8) is 0 Å². The van der Waals surface area contributed by atoms with Crippen LogP contribution in [-0.2, 0) is 15.0 Å². The van der Waals surface area contributed by atoms with Crippen LogP contribution < -0.4 is 10.6 Å². The van der Waals surface area contributed by atoms with E-state index in [9.17, 15) is 9.59 Å². The Morgan fingerprint density at radius 1 is 0.806 bits per heavy atom. The lowest BCUT2D eigenvalue weighted by Crippen LogP contribution is -2.56. The van der Waals surface area contributed by atoms with E-state index >= 15 is 0 Å². The van der Waals surface area contributed by atoms with E-state index in [0.29, 0.717) is 20.8 Å². The van der Waals surface area contributed by atoms with Gasteiger partial charge in [-0.2, -0.15) is 0 Å². The number of amides is 2. The van der Waals surface area contributed by atoms with Gasteiger partial charge in [0.2, 0.25) is 11.8 Å².